The van der Waals surface area contributed by atoms with Crippen LogP contribution in [-0.2, 0) is 34.1 Å². The summed E-state index contributed by atoms with van der Waals surface area (Å²) in [5, 5.41) is 39.0. The highest BCUT2D eigenvalue weighted by atomic mass is 32.2. The molecular formula is C60H49N27O6S9. The molecule has 0 spiro atoms. The number of nitrogens with zero attached hydrogens (tertiary/aromatic N) is 23. The lowest BCUT2D eigenvalue weighted by Gasteiger charge is -2.07. The third-order valence-electron chi connectivity index (χ3n) is 13.4. The van der Waals surface area contributed by atoms with Crippen molar-refractivity contribution >= 4 is 188 Å². The number of sulfonamides is 2. The Labute approximate surface area is 608 Å². The molecule has 0 aliphatic heterocycles. The van der Waals surface area contributed by atoms with E-state index in [4.69, 9.17) is 25.5 Å². The smallest absolute Gasteiger partial charge is 0.365 e. The lowest BCUT2D eigenvalue weighted by Crippen LogP contribution is -2.15. The molecule has 0 aliphatic rings. The van der Waals surface area contributed by atoms with Crippen molar-refractivity contribution in [3.8, 4) is 22.5 Å². The Balaban J connectivity index is 0.000000151. The number of primary amides is 1. The summed E-state index contributed by atoms with van der Waals surface area (Å²) in [4.78, 5) is 61.2. The van der Waals surface area contributed by atoms with Crippen LogP contribution in [-0.4, -0.2) is 96.8 Å². The average Bonchev–Trinajstić information content (AvgIpc) is 1.65. The van der Waals surface area contributed by atoms with Gasteiger partial charge in [-0.3, -0.25) is 23.4 Å². The molecule has 0 atom stereocenters. The second-order valence-corrected chi connectivity index (χ2v) is 29.6. The number of hydrogen-bond donors (Lipinski definition) is 4. The lowest BCUT2D eigenvalue weighted by atomic mass is 10.1. The number of hydrogen-bond acceptors (Lipinski definition) is 31. The van der Waals surface area contributed by atoms with Gasteiger partial charge in [0, 0.05) is 37.6 Å². The van der Waals surface area contributed by atoms with Gasteiger partial charge in [-0.25, -0.2) is 83.5 Å². The first-order chi connectivity index (χ1) is 49.0. The third kappa shape index (κ3) is 17.6. The van der Waals surface area contributed by atoms with Crippen LogP contribution in [0.2, 0.25) is 0 Å². The Kier molecular flexibility index (Phi) is 23.5. The second-order valence-electron chi connectivity index (χ2n) is 20.5. The van der Waals surface area contributed by atoms with Gasteiger partial charge in [-0.1, -0.05) is 113 Å². The number of azo groups is 4. The van der Waals surface area contributed by atoms with Crippen molar-refractivity contribution in [1.82, 2.24) is 61.5 Å². The van der Waals surface area contributed by atoms with Crippen LogP contribution in [0, 0.1) is 47.4 Å². The quantitative estimate of drug-likeness (QED) is 0.0268. The Bertz CT molecular complexity index is 5780. The fourth-order valence-corrected chi connectivity index (χ4v) is 14.7. The highest BCUT2D eigenvalue weighted by Crippen LogP contribution is 2.43. The zero-order chi connectivity index (χ0) is 72.8. The first-order valence-electron chi connectivity index (χ1n) is 28.8. The Hall–Kier alpha value is -11.4. The molecule has 102 heavy (non-hydrogen) atoms. The SMILES string of the molecule is CSc1ncc2c(N=Nc3c(-c4ccccc4)nc(NS(=O)(=O)c4ccccc4)n3C)snc2n1.Cc1[nH]c(=O)sc1N=Nc1snc2ncccc12.[C-]#[N+]C([N+]#[C-])c1nc(-c2ccccc2)c(N=Nc2snc(C)c2C(N)=O)s1.[C-]#[N+]c1c(C)nsc1N=Nc1c(C)nc(NS(C)(=O)=O)n1C. The predicted octanol–water partition coefficient (Wildman–Crippen LogP) is 16.3. The number of carbonyl (C=O) groups is 1. The average molecular weight is 1530 g/mol. The highest BCUT2D eigenvalue weighted by Gasteiger charge is 2.29. The van der Waals surface area contributed by atoms with Crippen molar-refractivity contribution in [3.63, 3.8) is 0 Å². The number of H-pyrrole nitrogens is 1. The highest BCUT2D eigenvalue weighted by molar-refractivity contribution is 7.98. The number of benzene rings is 3. The molecule has 0 aliphatic carbocycles. The van der Waals surface area contributed by atoms with Crippen molar-refractivity contribution in [2.45, 2.75) is 43.9 Å². The van der Waals surface area contributed by atoms with Gasteiger partial charge in [0.25, 0.3) is 20.9 Å². The molecule has 13 aromatic rings. The maximum absolute atomic E-state index is 12.9. The zero-order valence-corrected chi connectivity index (χ0v) is 61.4. The number of thiazole rings is 2. The van der Waals surface area contributed by atoms with Gasteiger partial charge in [0.15, 0.2) is 58.1 Å². The van der Waals surface area contributed by atoms with Gasteiger partial charge in [-0.15, -0.1) is 40.9 Å². The van der Waals surface area contributed by atoms with Crippen molar-refractivity contribution in [2.75, 3.05) is 22.0 Å². The minimum absolute atomic E-state index is 0.115. The molecule has 33 nitrogen and oxygen atoms in total. The van der Waals surface area contributed by atoms with Crippen LogP contribution in [0.1, 0.15) is 44.3 Å². The predicted molar refractivity (Wildman–Crippen MR) is 395 cm³/mol. The number of nitrogens with two attached hydrogens (primary N) is 1. The molecule has 0 radical (unpaired) electrons. The van der Waals surface area contributed by atoms with E-state index in [-0.39, 0.29) is 27.2 Å². The standard InChI is InChI=1S/C22H18N8O2S3.C17H11N7OS2.C11H13N7O2S2.C10H7N5OS2/c1-30-19(26-27-20-16-13-23-22(33-2)25-18(16)28-34-20)17(14-9-5-3-6-10-14)24-21(30)29-35(31,32)15-11-7-4-8-12-15;1-9-11(13(18)25)15(27-24-9)22-23-16-12(10-7-5-4-6-8-10)21-17(26-16)14(19-2)20-3;1-6-8(12-3)10(21-16-6)15-14-9-7(2)13-11(18(9)4)17-22(5,19)20;1-5-8(17-10(16)12-5)13-14-9-6-3-2-4-11-7(6)15-18-9/h3-13H,1-2H3,(H,24,29);4-8,14H,1H3,(H2,18,25);1-2,4-5H3,(H,13,17);2-4H,1H3,(H,12,16). The first kappa shape index (κ1) is 73.3. The van der Waals surface area contributed by atoms with Crippen LogP contribution < -0.4 is 20.1 Å². The number of anilines is 2. The number of aryl methyl sites for hydroxylation is 4. The van der Waals surface area contributed by atoms with Gasteiger partial charge < -0.3 is 10.7 Å². The maximum Gasteiger partial charge on any atom is 0.528 e. The molecule has 5 N–H and O–H groups in total. The summed E-state index contributed by atoms with van der Waals surface area (Å²) >= 11 is 8.09. The Morgan fingerprint density at radius 1 is 0.598 bits per heavy atom. The molecule has 0 saturated carbocycles. The number of pyridine rings is 1. The van der Waals surface area contributed by atoms with E-state index >= 15 is 0 Å². The Morgan fingerprint density at radius 2 is 1.16 bits per heavy atom. The number of fused-ring (bicyclic) bond motifs is 2. The van der Waals surface area contributed by atoms with Gasteiger partial charge in [0.05, 0.1) is 51.3 Å². The Morgan fingerprint density at radius 3 is 1.79 bits per heavy atom. The van der Waals surface area contributed by atoms with Crippen LogP contribution in [0.5, 0.6) is 0 Å². The van der Waals surface area contributed by atoms with E-state index < -0.39 is 32.1 Å². The lowest BCUT2D eigenvalue weighted by molar-refractivity contribution is 0.100. The number of aromatic nitrogens is 13. The van der Waals surface area contributed by atoms with Crippen LogP contribution in [0.4, 0.5) is 59.2 Å². The summed E-state index contributed by atoms with van der Waals surface area (Å²) < 4.78 is 72.9. The molecule has 0 unspecified atom stereocenters. The molecule has 1 amide bonds. The van der Waals surface area contributed by atoms with Gasteiger partial charge in [0.2, 0.25) is 27.6 Å². The summed E-state index contributed by atoms with van der Waals surface area (Å²) in [6.45, 7) is 28.3. The summed E-state index contributed by atoms with van der Waals surface area (Å²) in [6, 6.07) is 30.5. The van der Waals surface area contributed by atoms with Crippen LogP contribution in [0.3, 0.4) is 0 Å². The fourth-order valence-electron chi connectivity index (χ4n) is 8.56. The maximum atomic E-state index is 12.9. The van der Waals surface area contributed by atoms with E-state index in [1.807, 2.05) is 79.1 Å². The van der Waals surface area contributed by atoms with E-state index in [0.717, 1.165) is 85.7 Å². The molecule has 10 aromatic heterocycles. The van der Waals surface area contributed by atoms with Gasteiger partial charge >= 0.3 is 11.0 Å². The molecule has 13 rings (SSSR count). The monoisotopic (exact) mass is 1530 g/mol. The van der Waals surface area contributed by atoms with Gasteiger partial charge in [0.1, 0.15) is 17.0 Å². The number of rotatable bonds is 18. The molecule has 42 heteroatoms. The van der Waals surface area contributed by atoms with Crippen molar-refractivity contribution in [2.24, 2.45) is 60.7 Å². The number of amides is 1. The number of carbonyl (C=O) groups excluding carboxylic acids is 1. The van der Waals surface area contributed by atoms with Gasteiger partial charge in [-0.2, -0.15) is 13.1 Å². The molecule has 0 bridgehead atoms. The summed E-state index contributed by atoms with van der Waals surface area (Å²) in [6.07, 6.45) is 5.27. The van der Waals surface area contributed by atoms with Crippen LogP contribution >= 0.6 is 80.6 Å². The third-order valence-corrected chi connectivity index (χ3v) is 20.8. The molecule has 10 heterocycles. The summed E-state index contributed by atoms with van der Waals surface area (Å²) in [7, 11) is -3.98. The van der Waals surface area contributed by atoms with E-state index in [2.05, 4.69) is 117 Å². The molecule has 3 aromatic carbocycles. The molecule has 514 valence electrons. The van der Waals surface area contributed by atoms with Crippen molar-refractivity contribution in [3.05, 3.63) is 193 Å². The van der Waals surface area contributed by atoms with Crippen LogP contribution in [0.25, 0.3) is 59.1 Å². The number of nitrogens with one attached hydrogen (secondary N) is 3. The van der Waals surface area contributed by atoms with Crippen molar-refractivity contribution < 1.29 is 21.6 Å². The fraction of sp³-hybridized carbons (Fsp3) is 0.150. The minimum Gasteiger partial charge on any atom is -0.365 e. The normalized spacial score (nSPS) is 11.5. The number of aromatic amines is 1. The van der Waals surface area contributed by atoms with E-state index in [1.165, 1.54) is 40.0 Å². The summed E-state index contributed by atoms with van der Waals surface area (Å²) in [5.41, 5.74) is 12.1. The number of thioether (sulfide) groups is 1. The minimum atomic E-state index is -3.85. The first-order valence-corrected chi connectivity index (χ1v) is 38.1. The molecule has 0 saturated heterocycles. The van der Waals surface area contributed by atoms with Gasteiger partial charge in [-0.05, 0) is 104 Å². The van der Waals surface area contributed by atoms with Crippen LogP contribution in [0.15, 0.2) is 171 Å². The summed E-state index contributed by atoms with van der Waals surface area (Å²) in [5.74, 6) is 0.423. The largest absolute Gasteiger partial charge is 0.528 e. The second kappa shape index (κ2) is 32.7. The number of imidazole rings is 2. The van der Waals surface area contributed by atoms with Crippen molar-refractivity contribution in [1.29, 1.82) is 0 Å². The van der Waals surface area contributed by atoms with E-state index in [1.54, 1.807) is 77.0 Å². The van der Waals surface area contributed by atoms with E-state index in [0.29, 0.717) is 103 Å². The molecule has 0 fully saturated rings. The molecular weight excluding hydrogens is 1480 g/mol. The zero-order valence-electron chi connectivity index (χ0n) is 54.0. The topological polar surface area (TPSA) is 419 Å². The van der Waals surface area contributed by atoms with E-state index in [9.17, 15) is 26.4 Å².